The fraction of sp³-hybridized carbons (Fsp3) is 0.429. The van der Waals surface area contributed by atoms with Gasteiger partial charge in [-0.2, -0.15) is 0 Å². The van der Waals surface area contributed by atoms with Crippen molar-refractivity contribution < 1.29 is 0 Å². The Hall–Kier alpha value is -3.04. The molecule has 0 amide bonds. The average Bonchev–Trinajstić information content (AvgIpc) is 3.59. The smallest absolute Gasteiger partial charge is 0.0386 e. The lowest BCUT2D eigenvalue weighted by Gasteiger charge is -2.17. The summed E-state index contributed by atoms with van der Waals surface area (Å²) in [6.45, 7) is 7.12. The van der Waals surface area contributed by atoms with Gasteiger partial charge in [-0.3, -0.25) is 19.6 Å². The molecule has 0 fully saturated rings. The third kappa shape index (κ3) is 6.59. The van der Waals surface area contributed by atoms with E-state index in [4.69, 9.17) is 0 Å². The van der Waals surface area contributed by atoms with Crippen LogP contribution in [0.4, 0.5) is 0 Å². The molecule has 1 aliphatic heterocycles. The van der Waals surface area contributed by atoms with Gasteiger partial charge in [0.05, 0.1) is 0 Å². The minimum atomic E-state index is 0.890. The highest BCUT2D eigenvalue weighted by atomic mass is 15.1. The Balaban J connectivity index is 1.32. The van der Waals surface area contributed by atoms with Crippen LogP contribution in [0.5, 0.6) is 0 Å². The summed E-state index contributed by atoms with van der Waals surface area (Å²) in [5.41, 5.74) is 9.98. The summed E-state index contributed by atoms with van der Waals surface area (Å²) in [5, 5.41) is 0. The highest BCUT2D eigenvalue weighted by molar-refractivity contribution is 5.18. The fourth-order valence-corrected chi connectivity index (χ4v) is 5.25. The molecule has 1 aliphatic rings. The Kier molecular flexibility index (Phi) is 7.48. The van der Waals surface area contributed by atoms with E-state index >= 15 is 0 Å². The van der Waals surface area contributed by atoms with E-state index < -0.39 is 0 Å². The van der Waals surface area contributed by atoms with Crippen molar-refractivity contribution in [2.75, 3.05) is 28.2 Å². The zero-order valence-electron chi connectivity index (χ0n) is 22.1. The molecule has 0 aromatic carbocycles. The minimum absolute atomic E-state index is 0.890. The van der Waals surface area contributed by atoms with Crippen molar-refractivity contribution in [3.05, 3.63) is 94.1 Å². The second-order valence-electron chi connectivity index (χ2n) is 10.7. The fourth-order valence-electron chi connectivity index (χ4n) is 5.25. The number of aromatic amines is 4. The van der Waals surface area contributed by atoms with Crippen LogP contribution >= 0.6 is 0 Å². The van der Waals surface area contributed by atoms with E-state index in [1.54, 1.807) is 0 Å². The van der Waals surface area contributed by atoms with E-state index in [0.29, 0.717) is 0 Å². The van der Waals surface area contributed by atoms with Gasteiger partial charge in [0.25, 0.3) is 0 Å². The molecule has 5 heterocycles. The molecule has 4 aromatic rings. The number of nitrogens with zero attached hydrogens (tertiary/aromatic N) is 4. The molecular formula is C28H40N8. The number of aromatic nitrogens is 4. The van der Waals surface area contributed by atoms with Crippen molar-refractivity contribution >= 4 is 0 Å². The molecule has 4 N–H and O–H groups in total. The van der Waals surface area contributed by atoms with Gasteiger partial charge >= 0.3 is 0 Å². The maximum absolute atomic E-state index is 3.62. The first kappa shape index (κ1) is 24.6. The molecule has 8 bridgehead atoms. The van der Waals surface area contributed by atoms with Crippen LogP contribution in [-0.4, -0.2) is 67.7 Å². The van der Waals surface area contributed by atoms with E-state index in [1.807, 2.05) is 0 Å². The average molecular weight is 489 g/mol. The molecular weight excluding hydrogens is 448 g/mol. The van der Waals surface area contributed by atoms with Gasteiger partial charge in [-0.25, -0.2) is 0 Å². The largest absolute Gasteiger partial charge is 0.360 e. The van der Waals surface area contributed by atoms with Crippen LogP contribution in [0.3, 0.4) is 0 Å². The van der Waals surface area contributed by atoms with Crippen molar-refractivity contribution in [2.45, 2.75) is 52.4 Å². The first-order valence-corrected chi connectivity index (χ1v) is 12.8. The first-order valence-electron chi connectivity index (χ1n) is 12.8. The maximum atomic E-state index is 3.62. The van der Waals surface area contributed by atoms with Crippen molar-refractivity contribution in [1.29, 1.82) is 0 Å². The Labute approximate surface area is 214 Å². The van der Waals surface area contributed by atoms with Crippen molar-refractivity contribution in [1.82, 2.24) is 39.5 Å². The van der Waals surface area contributed by atoms with Crippen LogP contribution in [0.25, 0.3) is 0 Å². The predicted octanol–water partition coefficient (Wildman–Crippen LogP) is 3.84. The van der Waals surface area contributed by atoms with Gasteiger partial charge in [0, 0.05) is 97.9 Å². The van der Waals surface area contributed by atoms with Crippen molar-refractivity contribution in [3.8, 4) is 0 Å². The summed E-state index contributed by atoms with van der Waals surface area (Å²) in [6, 6.07) is 17.7. The zero-order chi connectivity index (χ0) is 25.1. The zero-order valence-corrected chi connectivity index (χ0v) is 22.1. The summed E-state index contributed by atoms with van der Waals surface area (Å²) >= 11 is 0. The molecule has 8 nitrogen and oxygen atoms in total. The Morgan fingerprint density at radius 2 is 0.472 bits per heavy atom. The quantitative estimate of drug-likeness (QED) is 0.303. The van der Waals surface area contributed by atoms with E-state index in [-0.39, 0.29) is 0 Å². The number of hydrogen-bond donors (Lipinski definition) is 4. The van der Waals surface area contributed by atoms with Crippen molar-refractivity contribution in [3.63, 3.8) is 0 Å². The van der Waals surface area contributed by atoms with E-state index in [2.05, 4.69) is 116 Å². The highest BCUT2D eigenvalue weighted by Crippen LogP contribution is 2.15. The van der Waals surface area contributed by atoms with Crippen LogP contribution < -0.4 is 0 Å². The number of H-pyrrole nitrogens is 4. The minimum Gasteiger partial charge on any atom is -0.360 e. The summed E-state index contributed by atoms with van der Waals surface area (Å²) in [7, 11) is 8.69. The third-order valence-electron chi connectivity index (χ3n) is 6.75. The van der Waals surface area contributed by atoms with Gasteiger partial charge in [0.15, 0.2) is 0 Å². The maximum Gasteiger partial charge on any atom is 0.0386 e. The van der Waals surface area contributed by atoms with Crippen LogP contribution in [0.2, 0.25) is 0 Å². The van der Waals surface area contributed by atoms with Gasteiger partial charge in [-0.15, -0.1) is 0 Å². The lowest BCUT2D eigenvalue weighted by Crippen LogP contribution is -2.20. The van der Waals surface area contributed by atoms with E-state index in [9.17, 15) is 0 Å². The Bertz CT molecular complexity index is 969. The first-order chi connectivity index (χ1) is 17.4. The predicted molar refractivity (Wildman–Crippen MR) is 144 cm³/mol. The summed E-state index contributed by atoms with van der Waals surface area (Å²) < 4.78 is 0. The highest BCUT2D eigenvalue weighted by Gasteiger charge is 2.12. The molecule has 0 saturated heterocycles. The van der Waals surface area contributed by atoms with Gasteiger partial charge in [0.1, 0.15) is 0 Å². The molecule has 0 radical (unpaired) electrons. The normalized spacial score (nSPS) is 18.3. The Morgan fingerprint density at radius 1 is 0.333 bits per heavy atom. The second kappa shape index (κ2) is 10.9. The summed E-state index contributed by atoms with van der Waals surface area (Å²) in [6.07, 6.45) is 0. The van der Waals surface area contributed by atoms with Gasteiger partial charge in [-0.1, -0.05) is 0 Å². The standard InChI is InChI=1S/C28H40N8/c1-33-13-21-5-7-23(29-21)15-34(2)17-25-9-11-27(31-25)19-36(4)20-28-12-10-26(32-28)18-35(3)16-24-8-6-22(14-33)30-24/h5-12,29-32H,13-20H2,1-4H3. The molecule has 192 valence electrons. The SMILES string of the molecule is CN1Cc2ccc([nH]2)CN(C)Cc2ccc([nH]2)CN(C)Cc2ccc([nH]2)CN(C)Cc2ccc([nH]2)C1. The monoisotopic (exact) mass is 488 g/mol. The molecule has 5 rings (SSSR count). The van der Waals surface area contributed by atoms with Gasteiger partial charge < -0.3 is 19.9 Å². The molecule has 0 aliphatic carbocycles. The summed E-state index contributed by atoms with van der Waals surface area (Å²) in [4.78, 5) is 23.8. The third-order valence-corrected chi connectivity index (χ3v) is 6.75. The Morgan fingerprint density at radius 3 is 0.611 bits per heavy atom. The number of hydrogen-bond acceptors (Lipinski definition) is 4. The molecule has 0 spiro atoms. The molecule has 8 heteroatoms. The van der Waals surface area contributed by atoms with Crippen LogP contribution in [0.15, 0.2) is 48.5 Å². The molecule has 4 aromatic heterocycles. The lowest BCUT2D eigenvalue weighted by atomic mass is 10.3. The summed E-state index contributed by atoms with van der Waals surface area (Å²) in [5.74, 6) is 0. The van der Waals surface area contributed by atoms with E-state index in [1.165, 1.54) is 45.6 Å². The molecule has 0 atom stereocenters. The van der Waals surface area contributed by atoms with Crippen LogP contribution in [-0.2, 0) is 52.4 Å². The topological polar surface area (TPSA) is 76.1 Å². The lowest BCUT2D eigenvalue weighted by molar-refractivity contribution is 0.299. The second-order valence-corrected chi connectivity index (χ2v) is 10.7. The van der Waals surface area contributed by atoms with Crippen LogP contribution in [0, 0.1) is 0 Å². The van der Waals surface area contributed by atoms with Gasteiger partial charge in [-0.05, 0) is 76.7 Å². The number of fused-ring (bicyclic) bond motifs is 8. The number of rotatable bonds is 0. The molecule has 0 saturated carbocycles. The molecule has 0 unspecified atom stereocenters. The number of nitrogens with one attached hydrogen (secondary N) is 4. The van der Waals surface area contributed by atoms with Crippen molar-refractivity contribution in [2.24, 2.45) is 0 Å². The van der Waals surface area contributed by atoms with Gasteiger partial charge in [0.2, 0.25) is 0 Å². The van der Waals surface area contributed by atoms with Crippen LogP contribution in [0.1, 0.15) is 45.6 Å². The molecule has 36 heavy (non-hydrogen) atoms. The van der Waals surface area contributed by atoms with E-state index in [0.717, 1.165) is 52.4 Å².